The van der Waals surface area contributed by atoms with Crippen LogP contribution >= 0.6 is 0 Å². The lowest BCUT2D eigenvalue weighted by atomic mass is 10.1. The summed E-state index contributed by atoms with van der Waals surface area (Å²) in [7, 11) is 3.35. The van der Waals surface area contributed by atoms with E-state index >= 15 is 0 Å². The number of nitrogens with one attached hydrogen (secondary N) is 1. The maximum absolute atomic E-state index is 12.9. The Hall–Kier alpha value is -2.10. The number of alkyl halides is 3. The predicted octanol–water partition coefficient (Wildman–Crippen LogP) is 0.218. The fraction of sp³-hybridized carbons (Fsp3) is 0.667. The number of aryl methyl sites for hydroxylation is 1. The average Bonchev–Trinajstić information content (AvgIpc) is 3.04. The first kappa shape index (κ1) is 17.7. The molecule has 0 radical (unpaired) electrons. The predicted molar refractivity (Wildman–Crippen MR) is 81.2 cm³/mol. The fourth-order valence-electron chi connectivity index (χ4n) is 3.35. The van der Waals surface area contributed by atoms with Crippen LogP contribution in [0.1, 0.15) is 17.7 Å². The van der Waals surface area contributed by atoms with Crippen molar-refractivity contribution in [2.24, 2.45) is 13.0 Å². The van der Waals surface area contributed by atoms with E-state index in [2.05, 4.69) is 15.3 Å². The van der Waals surface area contributed by atoms with E-state index in [1.165, 1.54) is 7.05 Å². The van der Waals surface area contributed by atoms with Crippen molar-refractivity contribution in [3.63, 3.8) is 0 Å². The van der Waals surface area contributed by atoms with Gasteiger partial charge < -0.3 is 15.1 Å². The standard InChI is InChI=1S/C15H20F3N5O2/c1-21-7-10(8-21)23-6-9(3-13(23)24)14(25)19-5-12-11(15(16,17)18)4-20-22(12)2/h4,9-10H,3,5-8H2,1-2H3,(H,19,25). The first-order valence-electron chi connectivity index (χ1n) is 8.00. The molecule has 1 atom stereocenters. The number of amides is 2. The number of rotatable bonds is 4. The molecule has 0 aromatic carbocycles. The number of hydrogen-bond donors (Lipinski definition) is 1. The summed E-state index contributed by atoms with van der Waals surface area (Å²) >= 11 is 0. The number of hydrogen-bond acceptors (Lipinski definition) is 4. The van der Waals surface area contributed by atoms with Crippen molar-refractivity contribution in [1.82, 2.24) is 24.9 Å². The Morgan fingerprint density at radius 2 is 2.00 bits per heavy atom. The summed E-state index contributed by atoms with van der Waals surface area (Å²) in [4.78, 5) is 28.1. The Kier molecular flexibility index (Phi) is 4.48. The summed E-state index contributed by atoms with van der Waals surface area (Å²) in [6.45, 7) is 1.61. The van der Waals surface area contributed by atoms with Gasteiger partial charge in [0.1, 0.15) is 0 Å². The Balaban J connectivity index is 1.59. The van der Waals surface area contributed by atoms with Gasteiger partial charge in [0.15, 0.2) is 0 Å². The van der Waals surface area contributed by atoms with Crippen LogP contribution in [0.4, 0.5) is 13.2 Å². The van der Waals surface area contributed by atoms with Gasteiger partial charge in [0.05, 0.1) is 36.0 Å². The number of likely N-dealkylation sites (tertiary alicyclic amines) is 2. The molecule has 1 N–H and O–H groups in total. The Labute approximate surface area is 142 Å². The van der Waals surface area contributed by atoms with Crippen LogP contribution in [0.5, 0.6) is 0 Å². The maximum atomic E-state index is 12.9. The van der Waals surface area contributed by atoms with E-state index < -0.39 is 23.6 Å². The fourth-order valence-corrected chi connectivity index (χ4v) is 3.35. The normalized spacial score (nSPS) is 22.4. The highest BCUT2D eigenvalue weighted by molar-refractivity contribution is 5.89. The van der Waals surface area contributed by atoms with E-state index in [9.17, 15) is 22.8 Å². The lowest BCUT2D eigenvalue weighted by Gasteiger charge is -2.42. The molecular weight excluding hydrogens is 339 g/mol. The highest BCUT2D eigenvalue weighted by atomic mass is 19.4. The third-order valence-electron chi connectivity index (χ3n) is 4.81. The van der Waals surface area contributed by atoms with Crippen LogP contribution < -0.4 is 5.32 Å². The molecule has 0 aliphatic carbocycles. The van der Waals surface area contributed by atoms with E-state index in [1.807, 2.05) is 7.05 Å². The van der Waals surface area contributed by atoms with E-state index in [4.69, 9.17) is 0 Å². The van der Waals surface area contributed by atoms with Gasteiger partial charge in [-0.05, 0) is 7.05 Å². The molecule has 2 aliphatic heterocycles. The summed E-state index contributed by atoms with van der Waals surface area (Å²) < 4.78 is 39.9. The molecule has 2 aliphatic rings. The van der Waals surface area contributed by atoms with E-state index in [-0.39, 0.29) is 30.6 Å². The first-order chi connectivity index (χ1) is 11.7. The number of carbonyl (C=O) groups excluding carboxylic acids is 2. The zero-order valence-corrected chi connectivity index (χ0v) is 14.0. The molecule has 1 unspecified atom stereocenters. The summed E-state index contributed by atoms with van der Waals surface area (Å²) in [5.41, 5.74) is -0.973. The van der Waals surface area contributed by atoms with Crippen LogP contribution in [0.25, 0.3) is 0 Å². The number of likely N-dealkylation sites (N-methyl/N-ethyl adjacent to an activating group) is 1. The van der Waals surface area contributed by atoms with Crippen LogP contribution in [0.15, 0.2) is 6.20 Å². The minimum absolute atomic E-state index is 0.0743. The van der Waals surface area contributed by atoms with Gasteiger partial charge >= 0.3 is 6.18 Å². The van der Waals surface area contributed by atoms with Crippen molar-refractivity contribution in [2.45, 2.75) is 25.2 Å². The lowest BCUT2D eigenvalue weighted by Crippen LogP contribution is -2.58. The van der Waals surface area contributed by atoms with Crippen molar-refractivity contribution < 1.29 is 22.8 Å². The summed E-state index contributed by atoms with van der Waals surface area (Å²) in [5, 5.41) is 6.13. The molecule has 0 spiro atoms. The second-order valence-corrected chi connectivity index (χ2v) is 6.67. The SMILES string of the molecule is CN1CC(N2CC(C(=O)NCc3c(C(F)(F)F)cnn3C)CC2=O)C1. The van der Waals surface area contributed by atoms with Gasteiger partial charge in [0.25, 0.3) is 0 Å². The zero-order chi connectivity index (χ0) is 18.4. The number of carbonyl (C=O) groups is 2. The number of nitrogens with zero attached hydrogens (tertiary/aromatic N) is 4. The third kappa shape index (κ3) is 3.48. The van der Waals surface area contributed by atoms with Gasteiger partial charge in [-0.25, -0.2) is 0 Å². The molecule has 7 nitrogen and oxygen atoms in total. The Bertz CT molecular complexity index is 681. The van der Waals surface area contributed by atoms with Gasteiger partial charge in [-0.1, -0.05) is 0 Å². The molecule has 2 saturated heterocycles. The van der Waals surface area contributed by atoms with Crippen LogP contribution in [0.3, 0.4) is 0 Å². The van der Waals surface area contributed by atoms with Crippen LogP contribution in [0, 0.1) is 5.92 Å². The molecule has 3 heterocycles. The summed E-state index contributed by atoms with van der Waals surface area (Å²) in [6, 6.07) is 0.129. The van der Waals surface area contributed by atoms with Crippen molar-refractivity contribution >= 4 is 11.8 Å². The van der Waals surface area contributed by atoms with Gasteiger partial charge in [0.2, 0.25) is 11.8 Å². The molecule has 0 saturated carbocycles. The van der Waals surface area contributed by atoms with E-state index in [0.717, 1.165) is 24.0 Å². The van der Waals surface area contributed by atoms with Crippen LogP contribution in [-0.4, -0.2) is 64.1 Å². The minimum Gasteiger partial charge on any atom is -0.350 e. The summed E-state index contributed by atoms with van der Waals surface area (Å²) in [6.07, 6.45) is -3.68. The maximum Gasteiger partial charge on any atom is 0.419 e. The van der Waals surface area contributed by atoms with Crippen molar-refractivity contribution in [1.29, 1.82) is 0 Å². The monoisotopic (exact) mass is 359 g/mol. The van der Waals surface area contributed by atoms with Crippen molar-refractivity contribution in [3.8, 4) is 0 Å². The minimum atomic E-state index is -4.52. The van der Waals surface area contributed by atoms with Crippen molar-refractivity contribution in [3.05, 3.63) is 17.5 Å². The van der Waals surface area contributed by atoms with E-state index in [0.29, 0.717) is 6.54 Å². The number of aromatic nitrogens is 2. The van der Waals surface area contributed by atoms with Gasteiger partial charge in [-0.15, -0.1) is 0 Å². The second kappa shape index (κ2) is 6.32. The van der Waals surface area contributed by atoms with E-state index in [1.54, 1.807) is 4.90 Å². The highest BCUT2D eigenvalue weighted by Gasteiger charge is 2.41. The third-order valence-corrected chi connectivity index (χ3v) is 4.81. The quantitative estimate of drug-likeness (QED) is 0.835. The molecule has 1 aromatic rings. The molecule has 138 valence electrons. The largest absolute Gasteiger partial charge is 0.419 e. The van der Waals surface area contributed by atoms with Gasteiger partial charge in [0, 0.05) is 33.1 Å². The zero-order valence-electron chi connectivity index (χ0n) is 14.0. The Morgan fingerprint density at radius 1 is 1.32 bits per heavy atom. The lowest BCUT2D eigenvalue weighted by molar-refractivity contribution is -0.138. The molecule has 0 bridgehead atoms. The van der Waals surface area contributed by atoms with Crippen molar-refractivity contribution in [2.75, 3.05) is 26.7 Å². The van der Waals surface area contributed by atoms with Crippen LogP contribution in [-0.2, 0) is 29.4 Å². The topological polar surface area (TPSA) is 70.5 Å². The van der Waals surface area contributed by atoms with Crippen LogP contribution in [0.2, 0.25) is 0 Å². The molecule has 25 heavy (non-hydrogen) atoms. The molecule has 1 aromatic heterocycles. The van der Waals surface area contributed by atoms with Gasteiger partial charge in [-0.2, -0.15) is 18.3 Å². The molecule has 2 amide bonds. The molecule has 3 rings (SSSR count). The molecular formula is C15H20F3N5O2. The molecule has 10 heteroatoms. The number of halogens is 3. The molecule has 2 fully saturated rings. The average molecular weight is 359 g/mol. The summed E-state index contributed by atoms with van der Waals surface area (Å²) in [5.74, 6) is -1.01. The van der Waals surface area contributed by atoms with Gasteiger partial charge in [-0.3, -0.25) is 14.3 Å². The second-order valence-electron chi connectivity index (χ2n) is 6.67. The smallest absolute Gasteiger partial charge is 0.350 e. The first-order valence-corrected chi connectivity index (χ1v) is 8.00. The highest BCUT2D eigenvalue weighted by Crippen LogP contribution is 2.31. The Morgan fingerprint density at radius 3 is 2.60 bits per heavy atom.